The van der Waals surface area contributed by atoms with Crippen molar-refractivity contribution in [1.82, 2.24) is 0 Å². The number of thiophene rings is 1. The van der Waals surface area contributed by atoms with Crippen LogP contribution in [0.4, 0.5) is 5.69 Å². The Balaban J connectivity index is 1.97. The largest absolute Gasteiger partial charge is 0.497 e. The van der Waals surface area contributed by atoms with Gasteiger partial charge in [-0.2, -0.15) is 11.3 Å². The average molecular weight is 305 g/mol. The first-order chi connectivity index (χ1) is 10.0. The molecular formula is C15H19N3O2S. The van der Waals surface area contributed by atoms with Gasteiger partial charge in [0.15, 0.2) is 5.96 Å². The van der Waals surface area contributed by atoms with E-state index in [0.717, 1.165) is 17.0 Å². The number of anilines is 1. The molecule has 0 aliphatic rings. The van der Waals surface area contributed by atoms with Crippen LogP contribution in [0, 0.1) is 0 Å². The Hall–Kier alpha value is -2.05. The molecule has 0 radical (unpaired) electrons. The van der Waals surface area contributed by atoms with Gasteiger partial charge >= 0.3 is 0 Å². The molecule has 4 N–H and O–H groups in total. The summed E-state index contributed by atoms with van der Waals surface area (Å²) in [5.41, 5.74) is 6.47. The number of rotatable bonds is 5. The Bertz CT molecular complexity index is 592. The second kappa shape index (κ2) is 6.60. The van der Waals surface area contributed by atoms with Gasteiger partial charge in [0.25, 0.3) is 0 Å². The third-order valence-electron chi connectivity index (χ3n) is 3.06. The number of methoxy groups -OCH3 is 1. The highest BCUT2D eigenvalue weighted by atomic mass is 32.1. The lowest BCUT2D eigenvalue weighted by molar-refractivity contribution is 0.0678. The minimum atomic E-state index is -1.02. The van der Waals surface area contributed by atoms with Crippen LogP contribution in [-0.2, 0) is 5.60 Å². The summed E-state index contributed by atoms with van der Waals surface area (Å²) >= 11 is 1.54. The molecule has 1 aromatic heterocycles. The summed E-state index contributed by atoms with van der Waals surface area (Å²) < 4.78 is 5.09. The van der Waals surface area contributed by atoms with E-state index in [1.54, 1.807) is 14.0 Å². The first-order valence-electron chi connectivity index (χ1n) is 6.47. The second-order valence-electron chi connectivity index (χ2n) is 4.84. The highest BCUT2D eigenvalue weighted by molar-refractivity contribution is 7.08. The fourth-order valence-corrected chi connectivity index (χ4v) is 2.55. The molecule has 1 heterocycles. The van der Waals surface area contributed by atoms with E-state index in [1.165, 1.54) is 11.3 Å². The maximum Gasteiger partial charge on any atom is 0.193 e. The predicted molar refractivity (Wildman–Crippen MR) is 87.0 cm³/mol. The Morgan fingerprint density at radius 1 is 1.38 bits per heavy atom. The minimum absolute atomic E-state index is 0.193. The molecule has 0 saturated heterocycles. The number of nitrogens with two attached hydrogens (primary N) is 1. The number of guanidine groups is 1. The standard InChI is InChI=1S/C15H19N3O2S/c1-15(19,11-7-8-21-9-11)10-17-14(16)18-12-3-5-13(20-2)6-4-12/h3-9,19H,10H2,1-2H3,(H3,16,17,18). The number of ether oxygens (including phenoxy) is 1. The number of hydrogen-bond donors (Lipinski definition) is 3. The van der Waals surface area contributed by atoms with Gasteiger partial charge < -0.3 is 20.9 Å². The van der Waals surface area contributed by atoms with Crippen LogP contribution in [0.2, 0.25) is 0 Å². The highest BCUT2D eigenvalue weighted by Crippen LogP contribution is 2.23. The zero-order chi connectivity index (χ0) is 15.3. The van der Waals surface area contributed by atoms with Crippen molar-refractivity contribution in [3.05, 3.63) is 46.7 Å². The Labute approximate surface area is 128 Å². The molecular weight excluding hydrogens is 286 g/mol. The summed E-state index contributed by atoms with van der Waals surface area (Å²) in [6, 6.07) is 9.23. The molecule has 0 fully saturated rings. The normalized spacial score (nSPS) is 14.5. The highest BCUT2D eigenvalue weighted by Gasteiger charge is 2.23. The first-order valence-corrected chi connectivity index (χ1v) is 7.41. The monoisotopic (exact) mass is 305 g/mol. The van der Waals surface area contributed by atoms with Crippen LogP contribution in [0.15, 0.2) is 46.1 Å². The van der Waals surface area contributed by atoms with Gasteiger partial charge in [0.2, 0.25) is 0 Å². The maximum atomic E-state index is 10.4. The number of hydrogen-bond acceptors (Lipinski definition) is 4. The van der Waals surface area contributed by atoms with Gasteiger partial charge in [-0.1, -0.05) is 0 Å². The van der Waals surface area contributed by atoms with Crippen LogP contribution in [0.5, 0.6) is 5.75 Å². The average Bonchev–Trinajstić information content (AvgIpc) is 3.01. The van der Waals surface area contributed by atoms with Crippen molar-refractivity contribution < 1.29 is 9.84 Å². The molecule has 1 unspecified atom stereocenters. The van der Waals surface area contributed by atoms with Crippen molar-refractivity contribution in [2.24, 2.45) is 10.7 Å². The molecule has 5 nitrogen and oxygen atoms in total. The summed E-state index contributed by atoms with van der Waals surface area (Å²) in [5.74, 6) is 1.03. The van der Waals surface area contributed by atoms with Crippen LogP contribution in [-0.4, -0.2) is 24.7 Å². The van der Waals surface area contributed by atoms with E-state index < -0.39 is 5.60 Å². The van der Waals surface area contributed by atoms with E-state index in [9.17, 15) is 5.11 Å². The van der Waals surface area contributed by atoms with Gasteiger partial charge in [-0.05, 0) is 53.6 Å². The number of nitrogens with one attached hydrogen (secondary N) is 1. The molecule has 2 rings (SSSR count). The molecule has 0 amide bonds. The molecule has 0 aliphatic carbocycles. The van der Waals surface area contributed by atoms with E-state index in [2.05, 4.69) is 10.3 Å². The molecule has 112 valence electrons. The number of aliphatic hydroxyl groups is 1. The van der Waals surface area contributed by atoms with Crippen molar-refractivity contribution in [2.75, 3.05) is 19.0 Å². The van der Waals surface area contributed by atoms with E-state index in [-0.39, 0.29) is 12.5 Å². The quantitative estimate of drug-likeness (QED) is 0.585. The van der Waals surface area contributed by atoms with E-state index in [0.29, 0.717) is 0 Å². The zero-order valence-electron chi connectivity index (χ0n) is 12.0. The predicted octanol–water partition coefficient (Wildman–Crippen LogP) is 2.39. The van der Waals surface area contributed by atoms with E-state index in [4.69, 9.17) is 10.5 Å². The molecule has 0 saturated carbocycles. The van der Waals surface area contributed by atoms with Crippen LogP contribution in [0.1, 0.15) is 12.5 Å². The smallest absolute Gasteiger partial charge is 0.193 e. The molecule has 0 bridgehead atoms. The SMILES string of the molecule is COc1ccc(NC(N)=NCC(C)(O)c2ccsc2)cc1. The number of aliphatic imine (C=N–C) groups is 1. The molecule has 2 aromatic rings. The number of benzene rings is 1. The van der Waals surface area contributed by atoms with Crippen molar-refractivity contribution in [3.63, 3.8) is 0 Å². The summed E-state index contributed by atoms with van der Waals surface area (Å²) in [7, 11) is 1.62. The van der Waals surface area contributed by atoms with Crippen molar-refractivity contribution >= 4 is 23.0 Å². The lowest BCUT2D eigenvalue weighted by Crippen LogP contribution is -2.29. The molecule has 1 atom stereocenters. The van der Waals surface area contributed by atoms with Gasteiger partial charge in [0.1, 0.15) is 11.4 Å². The van der Waals surface area contributed by atoms with Crippen LogP contribution in [0.25, 0.3) is 0 Å². The fourth-order valence-electron chi connectivity index (χ4n) is 1.76. The maximum absolute atomic E-state index is 10.4. The first kappa shape index (κ1) is 15.3. The van der Waals surface area contributed by atoms with Crippen LogP contribution >= 0.6 is 11.3 Å². The van der Waals surface area contributed by atoms with E-state index >= 15 is 0 Å². The van der Waals surface area contributed by atoms with Crippen molar-refractivity contribution in [3.8, 4) is 5.75 Å². The zero-order valence-corrected chi connectivity index (χ0v) is 12.9. The molecule has 0 aliphatic heterocycles. The summed E-state index contributed by atoms with van der Waals surface area (Å²) in [6.07, 6.45) is 0. The topological polar surface area (TPSA) is 79.9 Å². The molecule has 6 heteroatoms. The summed E-state index contributed by atoms with van der Waals surface area (Å²) in [4.78, 5) is 4.20. The molecule has 0 spiro atoms. The molecule has 1 aromatic carbocycles. The second-order valence-corrected chi connectivity index (χ2v) is 5.62. The molecule has 21 heavy (non-hydrogen) atoms. The third kappa shape index (κ3) is 4.21. The van der Waals surface area contributed by atoms with Gasteiger partial charge in [-0.3, -0.25) is 0 Å². The van der Waals surface area contributed by atoms with Gasteiger partial charge in [0.05, 0.1) is 13.7 Å². The summed E-state index contributed by atoms with van der Waals surface area (Å²) in [6.45, 7) is 1.91. The lowest BCUT2D eigenvalue weighted by atomic mass is 10.00. The van der Waals surface area contributed by atoms with Crippen molar-refractivity contribution in [1.29, 1.82) is 0 Å². The van der Waals surface area contributed by atoms with Gasteiger partial charge in [0, 0.05) is 5.69 Å². The third-order valence-corrected chi connectivity index (χ3v) is 3.75. The van der Waals surface area contributed by atoms with Crippen LogP contribution < -0.4 is 15.8 Å². The van der Waals surface area contributed by atoms with Crippen molar-refractivity contribution in [2.45, 2.75) is 12.5 Å². The van der Waals surface area contributed by atoms with Gasteiger partial charge in [-0.25, -0.2) is 4.99 Å². The van der Waals surface area contributed by atoms with E-state index in [1.807, 2.05) is 41.1 Å². The summed E-state index contributed by atoms with van der Waals surface area (Å²) in [5, 5.41) is 17.2. The lowest BCUT2D eigenvalue weighted by Gasteiger charge is -2.20. The Morgan fingerprint density at radius 2 is 2.10 bits per heavy atom. The van der Waals surface area contributed by atoms with Gasteiger partial charge in [-0.15, -0.1) is 0 Å². The fraction of sp³-hybridized carbons (Fsp3) is 0.267. The Morgan fingerprint density at radius 3 is 2.67 bits per heavy atom. The minimum Gasteiger partial charge on any atom is -0.497 e. The van der Waals surface area contributed by atoms with Crippen LogP contribution in [0.3, 0.4) is 0 Å². The Kier molecular flexibility index (Phi) is 4.82. The number of nitrogens with zero attached hydrogens (tertiary/aromatic N) is 1.